The zero-order chi connectivity index (χ0) is 12.2. The minimum absolute atomic E-state index is 0.359. The van der Waals surface area contributed by atoms with Gasteiger partial charge in [0, 0.05) is 17.8 Å². The minimum Gasteiger partial charge on any atom is -0.350 e. The second kappa shape index (κ2) is 5.85. The lowest BCUT2D eigenvalue weighted by Gasteiger charge is -2.41. The van der Waals surface area contributed by atoms with Crippen LogP contribution >= 0.6 is 11.6 Å². The fraction of sp³-hybridized carbons (Fsp3) is 1.00. The fourth-order valence-corrected chi connectivity index (χ4v) is 3.18. The Morgan fingerprint density at radius 1 is 1.19 bits per heavy atom. The molecular formula is C12H25ClO2Si. The number of halogens is 1. The van der Waals surface area contributed by atoms with Gasteiger partial charge in [-0.15, -0.1) is 11.6 Å². The number of ether oxygens (including phenoxy) is 2. The number of alkyl halides is 1. The van der Waals surface area contributed by atoms with E-state index in [1.165, 1.54) is 0 Å². The van der Waals surface area contributed by atoms with Gasteiger partial charge in [-0.2, -0.15) is 0 Å². The summed E-state index contributed by atoms with van der Waals surface area (Å²) in [5.74, 6) is 0.371. The first kappa shape index (κ1) is 14.5. The van der Waals surface area contributed by atoms with E-state index in [0.717, 1.165) is 38.4 Å². The molecule has 0 amide bonds. The highest BCUT2D eigenvalue weighted by Crippen LogP contribution is 2.33. The number of unbranched alkanes of at least 4 members (excludes halogenated alkanes) is 1. The standard InChI is InChI=1S/C12H25ClO2Si/c1-12(7-5-6-8-13)14-9-11(10-15-12)16(2,3)4/h11H,5-10H2,1-4H3. The third kappa shape index (κ3) is 4.36. The number of rotatable bonds is 5. The van der Waals surface area contributed by atoms with Crippen LogP contribution in [-0.4, -0.2) is 33.0 Å². The summed E-state index contributed by atoms with van der Waals surface area (Å²) in [6, 6.07) is 0. The van der Waals surface area contributed by atoms with Gasteiger partial charge >= 0.3 is 0 Å². The van der Waals surface area contributed by atoms with Crippen LogP contribution in [0.1, 0.15) is 26.2 Å². The molecule has 0 aromatic heterocycles. The van der Waals surface area contributed by atoms with E-state index in [2.05, 4.69) is 26.6 Å². The average molecular weight is 265 g/mol. The predicted octanol–water partition coefficient (Wildman–Crippen LogP) is 3.87. The first-order valence-electron chi connectivity index (χ1n) is 6.21. The molecule has 16 heavy (non-hydrogen) atoms. The predicted molar refractivity (Wildman–Crippen MR) is 72.0 cm³/mol. The van der Waals surface area contributed by atoms with Crippen LogP contribution in [0.4, 0.5) is 0 Å². The summed E-state index contributed by atoms with van der Waals surface area (Å²) in [5.41, 5.74) is 0.633. The van der Waals surface area contributed by atoms with E-state index < -0.39 is 8.07 Å². The van der Waals surface area contributed by atoms with Crippen molar-refractivity contribution in [3.63, 3.8) is 0 Å². The quantitative estimate of drug-likeness (QED) is 0.426. The first-order valence-corrected chi connectivity index (χ1v) is 10.3. The largest absolute Gasteiger partial charge is 0.350 e. The van der Waals surface area contributed by atoms with Crippen LogP contribution in [0.2, 0.25) is 25.2 Å². The average Bonchev–Trinajstić information content (AvgIpc) is 2.17. The van der Waals surface area contributed by atoms with E-state index in [-0.39, 0.29) is 5.79 Å². The Hall–Kier alpha value is 0.427. The SMILES string of the molecule is CC1(CCCCCl)OCC([Si](C)(C)C)CO1. The molecule has 0 aromatic carbocycles. The Kier molecular flexibility index (Phi) is 5.30. The van der Waals surface area contributed by atoms with Crippen LogP contribution in [-0.2, 0) is 9.47 Å². The van der Waals surface area contributed by atoms with Crippen molar-refractivity contribution >= 4 is 19.7 Å². The molecule has 0 atom stereocenters. The molecule has 2 nitrogen and oxygen atoms in total. The number of hydrogen-bond acceptors (Lipinski definition) is 2. The van der Waals surface area contributed by atoms with Gasteiger partial charge in [-0.25, -0.2) is 0 Å². The van der Waals surface area contributed by atoms with Gasteiger partial charge in [0.25, 0.3) is 0 Å². The van der Waals surface area contributed by atoms with E-state index >= 15 is 0 Å². The summed E-state index contributed by atoms with van der Waals surface area (Å²) >= 11 is 5.67. The first-order chi connectivity index (χ1) is 7.37. The van der Waals surface area contributed by atoms with Crippen molar-refractivity contribution in [3.05, 3.63) is 0 Å². The monoisotopic (exact) mass is 264 g/mol. The summed E-state index contributed by atoms with van der Waals surface area (Å²) in [6.07, 6.45) is 3.08. The molecule has 0 unspecified atom stereocenters. The Labute approximate surface area is 106 Å². The summed E-state index contributed by atoms with van der Waals surface area (Å²) in [4.78, 5) is 0. The Morgan fingerprint density at radius 3 is 2.19 bits per heavy atom. The van der Waals surface area contributed by atoms with Gasteiger partial charge in [-0.1, -0.05) is 19.6 Å². The van der Waals surface area contributed by atoms with Crippen molar-refractivity contribution in [2.24, 2.45) is 0 Å². The zero-order valence-corrected chi connectivity index (χ0v) is 12.8. The second-order valence-electron chi connectivity index (χ2n) is 5.96. The van der Waals surface area contributed by atoms with Crippen molar-refractivity contribution < 1.29 is 9.47 Å². The van der Waals surface area contributed by atoms with E-state index in [9.17, 15) is 0 Å². The molecule has 1 aliphatic heterocycles. The Balaban J connectivity index is 2.35. The molecule has 0 radical (unpaired) electrons. The molecule has 1 aliphatic rings. The highest BCUT2D eigenvalue weighted by molar-refractivity contribution is 6.77. The fourth-order valence-electron chi connectivity index (χ4n) is 1.83. The lowest BCUT2D eigenvalue weighted by molar-refractivity contribution is -0.259. The molecule has 1 fully saturated rings. The van der Waals surface area contributed by atoms with Gasteiger partial charge in [0.05, 0.1) is 21.3 Å². The molecule has 96 valence electrons. The highest BCUT2D eigenvalue weighted by atomic mass is 35.5. The normalized spacial score (nSPS) is 31.7. The van der Waals surface area contributed by atoms with E-state index in [1.807, 2.05) is 0 Å². The third-order valence-corrected chi connectivity index (χ3v) is 6.47. The Bertz CT molecular complexity index is 208. The zero-order valence-electron chi connectivity index (χ0n) is 11.0. The van der Waals surface area contributed by atoms with Crippen LogP contribution in [0.15, 0.2) is 0 Å². The van der Waals surface area contributed by atoms with E-state index in [4.69, 9.17) is 21.1 Å². The van der Waals surface area contributed by atoms with Gasteiger partial charge in [-0.05, 0) is 19.8 Å². The molecule has 0 N–H and O–H groups in total. The van der Waals surface area contributed by atoms with Crippen LogP contribution < -0.4 is 0 Å². The molecular weight excluding hydrogens is 240 g/mol. The van der Waals surface area contributed by atoms with Crippen LogP contribution in [0.25, 0.3) is 0 Å². The maximum atomic E-state index is 5.92. The lowest BCUT2D eigenvalue weighted by atomic mass is 10.1. The maximum Gasteiger partial charge on any atom is 0.165 e. The molecule has 0 spiro atoms. The second-order valence-corrected chi connectivity index (χ2v) is 11.9. The molecule has 0 aromatic rings. The van der Waals surface area contributed by atoms with Crippen LogP contribution in [0.5, 0.6) is 0 Å². The lowest BCUT2D eigenvalue weighted by Crippen LogP contribution is -2.46. The smallest absolute Gasteiger partial charge is 0.165 e. The summed E-state index contributed by atoms with van der Waals surface area (Å²) in [6.45, 7) is 10.9. The minimum atomic E-state index is -1.13. The van der Waals surface area contributed by atoms with Crippen molar-refractivity contribution in [1.82, 2.24) is 0 Å². The third-order valence-electron chi connectivity index (χ3n) is 3.42. The maximum absolute atomic E-state index is 5.92. The van der Waals surface area contributed by atoms with Gasteiger partial charge in [0.1, 0.15) is 0 Å². The van der Waals surface area contributed by atoms with Crippen molar-refractivity contribution in [2.75, 3.05) is 19.1 Å². The molecule has 0 bridgehead atoms. The topological polar surface area (TPSA) is 18.5 Å². The Morgan fingerprint density at radius 2 is 1.75 bits per heavy atom. The summed E-state index contributed by atoms with van der Waals surface area (Å²) < 4.78 is 11.8. The number of hydrogen-bond donors (Lipinski definition) is 0. The summed E-state index contributed by atoms with van der Waals surface area (Å²) in [5, 5.41) is 0. The van der Waals surface area contributed by atoms with Crippen molar-refractivity contribution in [3.8, 4) is 0 Å². The molecule has 4 heteroatoms. The molecule has 1 rings (SSSR count). The molecule has 1 saturated heterocycles. The van der Waals surface area contributed by atoms with Crippen molar-refractivity contribution in [2.45, 2.75) is 57.2 Å². The van der Waals surface area contributed by atoms with Crippen LogP contribution in [0, 0.1) is 0 Å². The van der Waals surface area contributed by atoms with Gasteiger partial charge in [0.2, 0.25) is 0 Å². The van der Waals surface area contributed by atoms with Gasteiger partial charge in [-0.3, -0.25) is 0 Å². The summed E-state index contributed by atoms with van der Waals surface area (Å²) in [7, 11) is -1.13. The van der Waals surface area contributed by atoms with Crippen molar-refractivity contribution in [1.29, 1.82) is 0 Å². The molecule has 0 saturated carbocycles. The van der Waals surface area contributed by atoms with Crippen LogP contribution in [0.3, 0.4) is 0 Å². The highest BCUT2D eigenvalue weighted by Gasteiger charge is 2.37. The van der Waals surface area contributed by atoms with E-state index in [0.29, 0.717) is 5.54 Å². The molecule has 1 heterocycles. The van der Waals surface area contributed by atoms with Gasteiger partial charge in [0.15, 0.2) is 5.79 Å². The molecule has 0 aliphatic carbocycles. The van der Waals surface area contributed by atoms with Gasteiger partial charge < -0.3 is 9.47 Å². The van der Waals surface area contributed by atoms with E-state index in [1.54, 1.807) is 0 Å².